The minimum Gasteiger partial charge on any atom is -0.467 e. The van der Waals surface area contributed by atoms with Crippen LogP contribution in [0.4, 0.5) is 0 Å². The summed E-state index contributed by atoms with van der Waals surface area (Å²) in [5.41, 5.74) is 1.04. The van der Waals surface area contributed by atoms with E-state index in [-0.39, 0.29) is 12.5 Å². The highest BCUT2D eigenvalue weighted by molar-refractivity contribution is 6.00. The Morgan fingerprint density at radius 1 is 1.19 bits per heavy atom. The van der Waals surface area contributed by atoms with Gasteiger partial charge in [0.25, 0.3) is 5.91 Å². The minimum absolute atomic E-state index is 0.173. The highest BCUT2D eigenvalue weighted by Gasteiger charge is 2.34. The number of ether oxygens (including phenoxy) is 1. The van der Waals surface area contributed by atoms with Crippen LogP contribution in [-0.2, 0) is 16.1 Å². The largest absolute Gasteiger partial charge is 0.467 e. The molecule has 6 heteroatoms. The summed E-state index contributed by atoms with van der Waals surface area (Å²) < 4.78 is 6.86. The van der Waals surface area contributed by atoms with Crippen LogP contribution in [0.3, 0.4) is 0 Å². The maximum atomic E-state index is 13.0. The van der Waals surface area contributed by atoms with Crippen LogP contribution >= 0.6 is 0 Å². The summed E-state index contributed by atoms with van der Waals surface area (Å²) in [7, 11) is 1.32. The lowest BCUT2D eigenvalue weighted by atomic mass is 9.86. The van der Waals surface area contributed by atoms with E-state index in [1.165, 1.54) is 7.11 Å². The Morgan fingerprint density at radius 3 is 2.52 bits per heavy atom. The standard InChI is InChI=1S/C21H30N2O4/c1-21(2,3)18(20(26)27-4)22-19(25)17-14-15-10-6-7-11-16(15)23(17)12-8-5-9-13-24/h6-7,10-11,14,18,24H,5,8-9,12-13H2,1-4H3,(H,22,25)/t18-/m1/s1. The molecule has 1 aromatic heterocycles. The molecule has 2 rings (SSSR count). The summed E-state index contributed by atoms with van der Waals surface area (Å²) >= 11 is 0. The van der Waals surface area contributed by atoms with E-state index >= 15 is 0 Å². The molecule has 0 unspecified atom stereocenters. The first kappa shape index (κ1) is 21.0. The van der Waals surface area contributed by atoms with Crippen LogP contribution < -0.4 is 5.32 Å². The zero-order valence-corrected chi connectivity index (χ0v) is 16.6. The van der Waals surface area contributed by atoms with E-state index in [0.717, 1.165) is 30.2 Å². The van der Waals surface area contributed by atoms with Crippen molar-refractivity contribution in [2.24, 2.45) is 5.41 Å². The second-order valence-electron chi connectivity index (χ2n) is 7.82. The minimum atomic E-state index is -0.740. The number of nitrogens with zero attached hydrogens (tertiary/aromatic N) is 1. The number of aliphatic hydroxyl groups is 1. The number of carbonyl (C=O) groups excluding carboxylic acids is 2. The Labute approximate surface area is 160 Å². The van der Waals surface area contributed by atoms with Crippen LogP contribution in [0.15, 0.2) is 30.3 Å². The zero-order chi connectivity index (χ0) is 20.0. The van der Waals surface area contributed by atoms with E-state index < -0.39 is 17.4 Å². The number of para-hydroxylation sites is 1. The molecule has 0 aliphatic heterocycles. The van der Waals surface area contributed by atoms with Crippen molar-refractivity contribution in [3.8, 4) is 0 Å². The van der Waals surface area contributed by atoms with Crippen LogP contribution in [-0.4, -0.2) is 41.3 Å². The van der Waals surface area contributed by atoms with Crippen LogP contribution in [0.2, 0.25) is 0 Å². The maximum absolute atomic E-state index is 13.0. The molecule has 6 nitrogen and oxygen atoms in total. The second-order valence-corrected chi connectivity index (χ2v) is 7.82. The van der Waals surface area contributed by atoms with E-state index in [1.54, 1.807) is 0 Å². The molecule has 2 aromatic rings. The summed E-state index contributed by atoms with van der Waals surface area (Å²) in [4.78, 5) is 25.2. The van der Waals surface area contributed by atoms with Gasteiger partial charge in [0.2, 0.25) is 0 Å². The van der Waals surface area contributed by atoms with Crippen LogP contribution in [0.1, 0.15) is 50.5 Å². The maximum Gasteiger partial charge on any atom is 0.328 e. The van der Waals surface area contributed by atoms with Gasteiger partial charge in [-0.2, -0.15) is 0 Å². The van der Waals surface area contributed by atoms with Gasteiger partial charge in [0.05, 0.1) is 7.11 Å². The quantitative estimate of drug-likeness (QED) is 0.549. The lowest BCUT2D eigenvalue weighted by molar-refractivity contribution is -0.145. The van der Waals surface area contributed by atoms with Crippen LogP contribution in [0.5, 0.6) is 0 Å². The van der Waals surface area contributed by atoms with Gasteiger partial charge in [-0.15, -0.1) is 0 Å². The molecule has 27 heavy (non-hydrogen) atoms. The van der Waals surface area contributed by atoms with Gasteiger partial charge in [-0.1, -0.05) is 39.0 Å². The number of esters is 1. The van der Waals surface area contributed by atoms with Crippen molar-refractivity contribution < 1.29 is 19.4 Å². The number of fused-ring (bicyclic) bond motifs is 1. The van der Waals surface area contributed by atoms with Gasteiger partial charge in [-0.25, -0.2) is 4.79 Å². The Balaban J connectivity index is 2.32. The SMILES string of the molecule is COC(=O)[C@@H](NC(=O)c1cc2ccccc2n1CCCCCO)C(C)(C)C. The topological polar surface area (TPSA) is 80.6 Å². The van der Waals surface area contributed by atoms with Crippen molar-refractivity contribution in [2.75, 3.05) is 13.7 Å². The molecule has 1 atom stereocenters. The molecular formula is C21H30N2O4. The normalized spacial score (nSPS) is 12.8. The summed E-state index contributed by atoms with van der Waals surface area (Å²) in [6.45, 7) is 6.51. The predicted molar refractivity (Wildman–Crippen MR) is 106 cm³/mol. The summed E-state index contributed by atoms with van der Waals surface area (Å²) in [5, 5.41) is 12.8. The van der Waals surface area contributed by atoms with Gasteiger partial charge in [-0.3, -0.25) is 4.79 Å². The van der Waals surface area contributed by atoms with Crippen molar-refractivity contribution >= 4 is 22.8 Å². The number of amides is 1. The molecule has 0 bridgehead atoms. The number of aryl methyl sites for hydroxylation is 1. The van der Waals surface area contributed by atoms with Gasteiger partial charge in [0, 0.05) is 24.1 Å². The number of aromatic nitrogens is 1. The van der Waals surface area contributed by atoms with Gasteiger partial charge >= 0.3 is 5.97 Å². The third kappa shape index (κ3) is 5.10. The van der Waals surface area contributed by atoms with Crippen molar-refractivity contribution in [3.63, 3.8) is 0 Å². The highest BCUT2D eigenvalue weighted by Crippen LogP contribution is 2.24. The summed E-state index contributed by atoms with van der Waals surface area (Å²) in [6, 6.07) is 8.95. The fraction of sp³-hybridized carbons (Fsp3) is 0.524. The monoisotopic (exact) mass is 374 g/mol. The Kier molecular flexibility index (Phi) is 7.02. The van der Waals surface area contributed by atoms with E-state index in [0.29, 0.717) is 12.2 Å². The third-order valence-corrected chi connectivity index (χ3v) is 4.66. The molecule has 0 aliphatic carbocycles. The molecule has 0 radical (unpaired) electrons. The molecule has 1 aromatic carbocycles. The molecule has 0 saturated heterocycles. The molecule has 0 saturated carbocycles. The Morgan fingerprint density at radius 2 is 1.89 bits per heavy atom. The van der Waals surface area contributed by atoms with E-state index in [2.05, 4.69) is 5.32 Å². The van der Waals surface area contributed by atoms with Gasteiger partial charge in [0.15, 0.2) is 0 Å². The highest BCUT2D eigenvalue weighted by atomic mass is 16.5. The number of hydrogen-bond donors (Lipinski definition) is 2. The molecule has 0 spiro atoms. The van der Waals surface area contributed by atoms with Crippen molar-refractivity contribution in [1.29, 1.82) is 0 Å². The van der Waals surface area contributed by atoms with E-state index in [4.69, 9.17) is 9.84 Å². The molecular weight excluding hydrogens is 344 g/mol. The average Bonchev–Trinajstić information content (AvgIpc) is 3.00. The first-order chi connectivity index (χ1) is 12.8. The molecule has 1 amide bonds. The van der Waals surface area contributed by atoms with Gasteiger partial charge in [-0.05, 0) is 36.8 Å². The number of benzene rings is 1. The second kappa shape index (κ2) is 9.04. The number of hydrogen-bond acceptors (Lipinski definition) is 4. The lowest BCUT2D eigenvalue weighted by Gasteiger charge is -2.29. The molecule has 1 heterocycles. The van der Waals surface area contributed by atoms with Crippen LogP contribution in [0.25, 0.3) is 10.9 Å². The van der Waals surface area contributed by atoms with Gasteiger partial charge in [0.1, 0.15) is 11.7 Å². The van der Waals surface area contributed by atoms with Crippen molar-refractivity contribution in [2.45, 2.75) is 52.6 Å². The number of aliphatic hydroxyl groups excluding tert-OH is 1. The summed E-state index contributed by atoms with van der Waals surface area (Å²) in [5.74, 6) is -0.750. The molecule has 148 valence electrons. The fourth-order valence-corrected chi connectivity index (χ4v) is 3.15. The summed E-state index contributed by atoms with van der Waals surface area (Å²) in [6.07, 6.45) is 2.49. The third-order valence-electron chi connectivity index (χ3n) is 4.66. The van der Waals surface area contributed by atoms with Crippen molar-refractivity contribution in [1.82, 2.24) is 9.88 Å². The number of carbonyl (C=O) groups is 2. The fourth-order valence-electron chi connectivity index (χ4n) is 3.15. The molecule has 0 fully saturated rings. The first-order valence-electron chi connectivity index (χ1n) is 9.37. The van der Waals surface area contributed by atoms with E-state index in [1.807, 2.05) is 55.7 Å². The molecule has 2 N–H and O–H groups in total. The van der Waals surface area contributed by atoms with Crippen molar-refractivity contribution in [3.05, 3.63) is 36.0 Å². The zero-order valence-electron chi connectivity index (χ0n) is 16.6. The Bertz CT molecular complexity index is 789. The average molecular weight is 374 g/mol. The number of nitrogens with one attached hydrogen (secondary N) is 1. The predicted octanol–water partition coefficient (Wildman–Crippen LogP) is 3.12. The van der Waals surface area contributed by atoms with Gasteiger partial charge < -0.3 is 19.7 Å². The number of unbranched alkanes of at least 4 members (excludes halogenated alkanes) is 2. The number of rotatable bonds is 8. The van der Waals surface area contributed by atoms with E-state index in [9.17, 15) is 9.59 Å². The lowest BCUT2D eigenvalue weighted by Crippen LogP contribution is -2.50. The first-order valence-corrected chi connectivity index (χ1v) is 9.37. The Hall–Kier alpha value is -2.34. The van der Waals surface area contributed by atoms with Crippen LogP contribution in [0, 0.1) is 5.41 Å². The number of methoxy groups -OCH3 is 1. The smallest absolute Gasteiger partial charge is 0.328 e. The molecule has 0 aliphatic rings.